The van der Waals surface area contributed by atoms with Gasteiger partial charge in [0.15, 0.2) is 17.3 Å². The lowest BCUT2D eigenvalue weighted by molar-refractivity contribution is -0.141. The highest BCUT2D eigenvalue weighted by Gasteiger charge is 2.36. The van der Waals surface area contributed by atoms with Gasteiger partial charge in [-0.2, -0.15) is 18.3 Å². The molecule has 3 heterocycles. The second kappa shape index (κ2) is 9.57. The second-order valence-corrected chi connectivity index (χ2v) is 8.37. The van der Waals surface area contributed by atoms with Gasteiger partial charge in [-0.1, -0.05) is 6.07 Å². The monoisotopic (exact) mass is 479 g/mol. The molecule has 1 atom stereocenters. The third kappa shape index (κ3) is 6.36. The number of halogens is 3. The van der Waals surface area contributed by atoms with Crippen molar-refractivity contribution in [1.82, 2.24) is 25.4 Å². The van der Waals surface area contributed by atoms with E-state index in [-0.39, 0.29) is 23.8 Å². The zero-order valence-electron chi connectivity index (χ0n) is 18.9. The standard InChI is InChI=1S/C22H24F3N5O4/c1-13(27-20(32)34-21(2,3)4)19(31)26-12-14-7-5-9-18(28-14)30-15(16-8-6-10-33-16)11-17(29-30)22(23,24)25/h5-11,13H,12H2,1-4H3,(H,26,31)(H,27,32). The van der Waals surface area contributed by atoms with E-state index in [9.17, 15) is 22.8 Å². The fourth-order valence-corrected chi connectivity index (χ4v) is 2.86. The van der Waals surface area contributed by atoms with Crippen LogP contribution in [0.15, 0.2) is 47.1 Å². The Kier molecular flexibility index (Phi) is 6.99. The molecule has 0 aliphatic carbocycles. The Hall–Kier alpha value is -3.83. The molecule has 0 aliphatic heterocycles. The molecular formula is C22H24F3N5O4. The van der Waals surface area contributed by atoms with E-state index >= 15 is 0 Å². The summed E-state index contributed by atoms with van der Waals surface area (Å²) in [4.78, 5) is 28.5. The van der Waals surface area contributed by atoms with Gasteiger partial charge in [-0.25, -0.2) is 14.5 Å². The molecule has 2 amide bonds. The van der Waals surface area contributed by atoms with Crippen molar-refractivity contribution in [3.05, 3.63) is 54.0 Å². The summed E-state index contributed by atoms with van der Waals surface area (Å²) in [5, 5.41) is 8.70. The normalized spacial score (nSPS) is 12.8. The molecule has 3 aromatic rings. The summed E-state index contributed by atoms with van der Waals surface area (Å²) in [6, 6.07) is 7.70. The molecule has 0 aliphatic rings. The highest BCUT2D eigenvalue weighted by molar-refractivity contribution is 5.85. The van der Waals surface area contributed by atoms with Gasteiger partial charge in [-0.15, -0.1) is 0 Å². The van der Waals surface area contributed by atoms with Crippen LogP contribution in [0, 0.1) is 0 Å². The van der Waals surface area contributed by atoms with E-state index in [0.717, 1.165) is 10.7 Å². The SMILES string of the molecule is CC(NC(=O)OC(C)(C)C)C(=O)NCc1cccc(-n2nc(C(F)(F)F)cc2-c2ccco2)n1. The van der Waals surface area contributed by atoms with Crippen LogP contribution in [0.2, 0.25) is 0 Å². The van der Waals surface area contributed by atoms with Gasteiger partial charge in [0.05, 0.1) is 18.5 Å². The molecule has 0 spiro atoms. The molecule has 0 fully saturated rings. The zero-order chi connectivity index (χ0) is 25.1. The smallest absolute Gasteiger partial charge is 0.435 e. The molecule has 0 aromatic carbocycles. The van der Waals surface area contributed by atoms with Gasteiger partial charge in [0.2, 0.25) is 5.91 Å². The van der Waals surface area contributed by atoms with E-state index in [0.29, 0.717) is 5.69 Å². The van der Waals surface area contributed by atoms with Crippen molar-refractivity contribution >= 4 is 12.0 Å². The van der Waals surface area contributed by atoms with E-state index in [4.69, 9.17) is 9.15 Å². The number of hydrogen-bond acceptors (Lipinski definition) is 6. The molecule has 0 saturated carbocycles. The molecule has 2 N–H and O–H groups in total. The summed E-state index contributed by atoms with van der Waals surface area (Å²) >= 11 is 0. The summed E-state index contributed by atoms with van der Waals surface area (Å²) < 4.78 is 51.2. The number of aromatic nitrogens is 3. The maximum atomic E-state index is 13.3. The number of nitrogens with zero attached hydrogens (tertiary/aromatic N) is 3. The quantitative estimate of drug-likeness (QED) is 0.551. The van der Waals surface area contributed by atoms with Crippen molar-refractivity contribution in [2.24, 2.45) is 0 Å². The van der Waals surface area contributed by atoms with Gasteiger partial charge in [0.25, 0.3) is 0 Å². The number of ether oxygens (including phenoxy) is 1. The summed E-state index contributed by atoms with van der Waals surface area (Å²) in [6.07, 6.45) is -4.05. The van der Waals surface area contributed by atoms with E-state index in [1.807, 2.05) is 0 Å². The minimum Gasteiger partial charge on any atom is -0.463 e. The van der Waals surface area contributed by atoms with Crippen LogP contribution in [0.25, 0.3) is 17.3 Å². The molecule has 1 unspecified atom stereocenters. The Morgan fingerprint density at radius 1 is 1.18 bits per heavy atom. The zero-order valence-corrected chi connectivity index (χ0v) is 18.9. The van der Waals surface area contributed by atoms with Crippen LogP contribution in [0.3, 0.4) is 0 Å². The number of hydrogen-bond donors (Lipinski definition) is 2. The third-order valence-corrected chi connectivity index (χ3v) is 4.35. The summed E-state index contributed by atoms with van der Waals surface area (Å²) in [5.41, 5.74) is -1.37. The minimum atomic E-state index is -4.66. The summed E-state index contributed by atoms with van der Waals surface area (Å²) in [7, 11) is 0. The minimum absolute atomic E-state index is 0.0313. The Morgan fingerprint density at radius 2 is 1.91 bits per heavy atom. The predicted molar refractivity (Wildman–Crippen MR) is 115 cm³/mol. The number of rotatable bonds is 6. The first-order chi connectivity index (χ1) is 15.8. The van der Waals surface area contributed by atoms with Gasteiger partial charge in [0, 0.05) is 6.07 Å². The van der Waals surface area contributed by atoms with Crippen molar-refractivity contribution in [3.63, 3.8) is 0 Å². The number of furan rings is 1. The number of alkyl halides is 3. The molecule has 0 bridgehead atoms. The average molecular weight is 479 g/mol. The Labute approximate surface area is 193 Å². The summed E-state index contributed by atoms with van der Waals surface area (Å²) in [6.45, 7) is 6.55. The summed E-state index contributed by atoms with van der Waals surface area (Å²) in [5.74, 6) is -0.202. The van der Waals surface area contributed by atoms with Crippen LogP contribution in [0.4, 0.5) is 18.0 Å². The van der Waals surface area contributed by atoms with Gasteiger partial charge in [0.1, 0.15) is 17.3 Å². The van der Waals surface area contributed by atoms with Crippen molar-refractivity contribution < 1.29 is 31.9 Å². The Balaban J connectivity index is 1.74. The first-order valence-corrected chi connectivity index (χ1v) is 10.3. The van der Waals surface area contributed by atoms with E-state index in [2.05, 4.69) is 20.7 Å². The van der Waals surface area contributed by atoms with Crippen LogP contribution >= 0.6 is 0 Å². The Morgan fingerprint density at radius 3 is 2.53 bits per heavy atom. The molecule has 182 valence electrons. The topological polar surface area (TPSA) is 111 Å². The number of carbonyl (C=O) groups excluding carboxylic acids is 2. The molecule has 12 heteroatoms. The van der Waals surface area contributed by atoms with Crippen LogP contribution in [0.1, 0.15) is 39.1 Å². The third-order valence-electron chi connectivity index (χ3n) is 4.35. The first kappa shape index (κ1) is 24.8. The maximum Gasteiger partial charge on any atom is 0.435 e. The van der Waals surface area contributed by atoms with Gasteiger partial charge >= 0.3 is 12.3 Å². The average Bonchev–Trinajstić information content (AvgIpc) is 3.40. The maximum absolute atomic E-state index is 13.3. The van der Waals surface area contributed by atoms with Gasteiger partial charge in [-0.3, -0.25) is 4.79 Å². The van der Waals surface area contributed by atoms with E-state index in [1.165, 1.54) is 25.3 Å². The number of amides is 2. The molecule has 3 rings (SSSR count). The molecule has 9 nitrogen and oxygen atoms in total. The van der Waals surface area contributed by atoms with Crippen molar-refractivity contribution in [3.8, 4) is 17.3 Å². The number of pyridine rings is 1. The predicted octanol–water partition coefficient (Wildman–Crippen LogP) is 4.08. The fourth-order valence-electron chi connectivity index (χ4n) is 2.86. The lowest BCUT2D eigenvalue weighted by Crippen LogP contribution is -2.46. The lowest BCUT2D eigenvalue weighted by Gasteiger charge is -2.21. The fraction of sp³-hybridized carbons (Fsp3) is 0.364. The molecular weight excluding hydrogens is 455 g/mol. The first-order valence-electron chi connectivity index (χ1n) is 10.3. The largest absolute Gasteiger partial charge is 0.463 e. The molecule has 34 heavy (non-hydrogen) atoms. The highest BCUT2D eigenvalue weighted by Crippen LogP contribution is 2.33. The number of alkyl carbamates (subject to hydrolysis) is 1. The van der Waals surface area contributed by atoms with Crippen LogP contribution in [0.5, 0.6) is 0 Å². The highest BCUT2D eigenvalue weighted by atomic mass is 19.4. The van der Waals surface area contributed by atoms with Crippen LogP contribution in [-0.2, 0) is 22.3 Å². The van der Waals surface area contributed by atoms with Crippen LogP contribution in [-0.4, -0.2) is 38.4 Å². The van der Waals surface area contributed by atoms with Gasteiger partial charge < -0.3 is 19.8 Å². The van der Waals surface area contributed by atoms with Crippen molar-refractivity contribution in [2.75, 3.05) is 0 Å². The number of carbonyl (C=O) groups is 2. The molecule has 0 radical (unpaired) electrons. The number of nitrogens with one attached hydrogen (secondary N) is 2. The van der Waals surface area contributed by atoms with Gasteiger partial charge in [-0.05, 0) is 52.0 Å². The lowest BCUT2D eigenvalue weighted by atomic mass is 10.2. The van der Waals surface area contributed by atoms with E-state index < -0.39 is 35.5 Å². The van der Waals surface area contributed by atoms with Crippen LogP contribution < -0.4 is 10.6 Å². The second-order valence-electron chi connectivity index (χ2n) is 8.37. The van der Waals surface area contributed by atoms with E-state index in [1.54, 1.807) is 39.0 Å². The molecule has 0 saturated heterocycles. The molecule has 3 aromatic heterocycles. The van der Waals surface area contributed by atoms with Crippen molar-refractivity contribution in [2.45, 2.75) is 52.1 Å². The van der Waals surface area contributed by atoms with Crippen molar-refractivity contribution in [1.29, 1.82) is 0 Å². The Bertz CT molecular complexity index is 1150.